The standard InChI is InChI=1S/C13H16N4O4S/c1-22(20,21)11-4-5-12(13(9-11)17(18)19)14-7-2-3-10-6-8-15-16-10/h4-6,8-9,14H,2-3,7H2,1H3,(H,15,16). The second-order valence-electron chi connectivity index (χ2n) is 4.82. The van der Waals surface area contributed by atoms with Crippen LogP contribution in [-0.4, -0.2) is 36.3 Å². The summed E-state index contributed by atoms with van der Waals surface area (Å²) < 4.78 is 22.9. The number of nitro benzene ring substituents is 1. The Morgan fingerprint density at radius 3 is 2.73 bits per heavy atom. The van der Waals surface area contributed by atoms with Gasteiger partial charge in [-0.05, 0) is 31.0 Å². The van der Waals surface area contributed by atoms with Crippen LogP contribution < -0.4 is 5.32 Å². The third-order valence-corrected chi connectivity index (χ3v) is 4.20. The number of nitrogens with one attached hydrogen (secondary N) is 2. The lowest BCUT2D eigenvalue weighted by Gasteiger charge is -2.08. The molecule has 9 heteroatoms. The molecule has 0 bridgehead atoms. The number of sulfone groups is 1. The Morgan fingerprint density at radius 1 is 1.36 bits per heavy atom. The summed E-state index contributed by atoms with van der Waals surface area (Å²) in [6, 6.07) is 5.72. The van der Waals surface area contributed by atoms with Gasteiger partial charge in [-0.25, -0.2) is 8.42 Å². The number of hydrogen-bond acceptors (Lipinski definition) is 6. The highest BCUT2D eigenvalue weighted by Gasteiger charge is 2.18. The lowest BCUT2D eigenvalue weighted by molar-refractivity contribution is -0.384. The molecule has 0 saturated carbocycles. The van der Waals surface area contributed by atoms with Gasteiger partial charge in [0.1, 0.15) is 5.69 Å². The summed E-state index contributed by atoms with van der Waals surface area (Å²) >= 11 is 0. The van der Waals surface area contributed by atoms with E-state index in [0.29, 0.717) is 12.2 Å². The molecule has 0 fully saturated rings. The summed E-state index contributed by atoms with van der Waals surface area (Å²) in [4.78, 5) is 10.4. The van der Waals surface area contributed by atoms with Gasteiger partial charge in [-0.1, -0.05) is 0 Å². The predicted molar refractivity (Wildman–Crippen MR) is 81.6 cm³/mol. The van der Waals surface area contributed by atoms with E-state index in [0.717, 1.165) is 30.9 Å². The predicted octanol–water partition coefficient (Wildman–Crippen LogP) is 1.77. The highest BCUT2D eigenvalue weighted by Crippen LogP contribution is 2.27. The highest BCUT2D eigenvalue weighted by atomic mass is 32.2. The quantitative estimate of drug-likeness (QED) is 0.455. The van der Waals surface area contributed by atoms with Crippen molar-refractivity contribution in [1.82, 2.24) is 10.2 Å². The SMILES string of the molecule is CS(=O)(=O)c1ccc(NCCCc2ccn[nH]2)c([N+](=O)[O-])c1. The summed E-state index contributed by atoms with van der Waals surface area (Å²) in [6.07, 6.45) is 4.20. The molecule has 8 nitrogen and oxygen atoms in total. The molecule has 0 radical (unpaired) electrons. The fourth-order valence-electron chi connectivity index (χ4n) is 1.97. The molecular weight excluding hydrogens is 308 g/mol. The molecule has 0 aliphatic carbocycles. The molecule has 2 N–H and O–H groups in total. The first-order chi connectivity index (χ1) is 10.4. The first-order valence-corrected chi connectivity index (χ1v) is 8.47. The van der Waals surface area contributed by atoms with Gasteiger partial charge in [0.15, 0.2) is 9.84 Å². The van der Waals surface area contributed by atoms with E-state index in [2.05, 4.69) is 15.5 Å². The lowest BCUT2D eigenvalue weighted by atomic mass is 10.2. The second-order valence-corrected chi connectivity index (χ2v) is 6.84. The number of aromatic amines is 1. The molecule has 1 heterocycles. The Labute approximate surface area is 127 Å². The summed E-state index contributed by atoms with van der Waals surface area (Å²) in [5.74, 6) is 0. The van der Waals surface area contributed by atoms with Crippen molar-refractivity contribution in [2.45, 2.75) is 17.7 Å². The summed E-state index contributed by atoms with van der Waals surface area (Å²) in [6.45, 7) is 0.526. The third-order valence-electron chi connectivity index (χ3n) is 3.09. The minimum absolute atomic E-state index is 0.0674. The van der Waals surface area contributed by atoms with Crippen LogP contribution in [0.1, 0.15) is 12.1 Å². The van der Waals surface area contributed by atoms with E-state index < -0.39 is 14.8 Å². The Hall–Kier alpha value is -2.42. The van der Waals surface area contributed by atoms with Crippen molar-refractivity contribution < 1.29 is 13.3 Å². The van der Waals surface area contributed by atoms with Crippen molar-refractivity contribution in [1.29, 1.82) is 0 Å². The number of benzene rings is 1. The van der Waals surface area contributed by atoms with E-state index >= 15 is 0 Å². The fourth-order valence-corrected chi connectivity index (χ4v) is 2.61. The van der Waals surface area contributed by atoms with Gasteiger partial charge < -0.3 is 5.32 Å². The van der Waals surface area contributed by atoms with Crippen LogP contribution in [0.4, 0.5) is 11.4 Å². The van der Waals surface area contributed by atoms with Gasteiger partial charge in [0, 0.05) is 30.8 Å². The molecule has 118 valence electrons. The normalized spacial score (nSPS) is 11.3. The van der Waals surface area contributed by atoms with E-state index in [1.54, 1.807) is 6.20 Å². The molecule has 1 aromatic carbocycles. The average Bonchev–Trinajstić information content (AvgIpc) is 2.95. The van der Waals surface area contributed by atoms with Gasteiger partial charge in [0.2, 0.25) is 0 Å². The number of aromatic nitrogens is 2. The molecular formula is C13H16N4O4S. The molecule has 0 unspecified atom stereocenters. The summed E-state index contributed by atoms with van der Waals surface area (Å²) in [5.41, 5.74) is 1.05. The Kier molecular flexibility index (Phi) is 4.76. The molecule has 0 amide bonds. The van der Waals surface area contributed by atoms with Crippen LogP contribution in [-0.2, 0) is 16.3 Å². The second kappa shape index (κ2) is 6.56. The number of anilines is 1. The number of nitrogens with zero attached hydrogens (tertiary/aromatic N) is 2. The molecule has 0 aliphatic heterocycles. The van der Waals surface area contributed by atoms with Gasteiger partial charge in [-0.15, -0.1) is 0 Å². The maximum Gasteiger partial charge on any atom is 0.293 e. The van der Waals surface area contributed by atoms with Crippen LogP contribution in [0, 0.1) is 10.1 Å². The van der Waals surface area contributed by atoms with Crippen LogP contribution in [0.5, 0.6) is 0 Å². The lowest BCUT2D eigenvalue weighted by Crippen LogP contribution is -2.07. The topological polar surface area (TPSA) is 118 Å². The zero-order chi connectivity index (χ0) is 16.2. The van der Waals surface area contributed by atoms with Crippen LogP contribution >= 0.6 is 0 Å². The van der Waals surface area contributed by atoms with Gasteiger partial charge >= 0.3 is 0 Å². The zero-order valence-electron chi connectivity index (χ0n) is 11.9. The first-order valence-electron chi connectivity index (χ1n) is 6.58. The van der Waals surface area contributed by atoms with Gasteiger partial charge in [0.05, 0.1) is 9.82 Å². The van der Waals surface area contributed by atoms with Gasteiger partial charge in [-0.2, -0.15) is 5.10 Å². The van der Waals surface area contributed by atoms with Crippen LogP contribution in [0.3, 0.4) is 0 Å². The van der Waals surface area contributed by atoms with Crippen LogP contribution in [0.2, 0.25) is 0 Å². The Morgan fingerprint density at radius 2 is 2.14 bits per heavy atom. The van der Waals surface area contributed by atoms with E-state index in [1.807, 2.05) is 6.07 Å². The molecule has 22 heavy (non-hydrogen) atoms. The zero-order valence-corrected chi connectivity index (χ0v) is 12.8. The molecule has 0 spiro atoms. The molecule has 0 aliphatic rings. The van der Waals surface area contributed by atoms with E-state index in [9.17, 15) is 18.5 Å². The minimum Gasteiger partial charge on any atom is -0.379 e. The Bertz CT molecular complexity index is 756. The molecule has 1 aromatic heterocycles. The van der Waals surface area contributed by atoms with Gasteiger partial charge in [0.25, 0.3) is 5.69 Å². The molecule has 2 aromatic rings. The Balaban J connectivity index is 2.05. The highest BCUT2D eigenvalue weighted by molar-refractivity contribution is 7.90. The number of rotatable bonds is 7. The number of aryl methyl sites for hydroxylation is 1. The molecule has 0 saturated heterocycles. The van der Waals surface area contributed by atoms with E-state index in [-0.39, 0.29) is 10.6 Å². The average molecular weight is 324 g/mol. The minimum atomic E-state index is -3.47. The maximum atomic E-state index is 11.5. The van der Waals surface area contributed by atoms with Gasteiger partial charge in [-0.3, -0.25) is 15.2 Å². The summed E-state index contributed by atoms with van der Waals surface area (Å²) in [7, 11) is -3.47. The molecule has 2 rings (SSSR count). The maximum absolute atomic E-state index is 11.5. The fraction of sp³-hybridized carbons (Fsp3) is 0.308. The van der Waals surface area contributed by atoms with Crippen LogP contribution in [0.25, 0.3) is 0 Å². The van der Waals surface area contributed by atoms with Crippen molar-refractivity contribution in [2.24, 2.45) is 0 Å². The smallest absolute Gasteiger partial charge is 0.293 e. The number of nitro groups is 1. The molecule has 0 atom stereocenters. The van der Waals surface area contributed by atoms with Crippen molar-refractivity contribution in [3.8, 4) is 0 Å². The van der Waals surface area contributed by atoms with Crippen molar-refractivity contribution in [3.63, 3.8) is 0 Å². The monoisotopic (exact) mass is 324 g/mol. The van der Waals surface area contributed by atoms with Crippen LogP contribution in [0.15, 0.2) is 35.4 Å². The largest absolute Gasteiger partial charge is 0.379 e. The number of hydrogen-bond donors (Lipinski definition) is 2. The first kappa shape index (κ1) is 16.0. The summed E-state index contributed by atoms with van der Waals surface area (Å²) in [5, 5.41) is 20.7. The van der Waals surface area contributed by atoms with Crippen molar-refractivity contribution in [3.05, 3.63) is 46.3 Å². The van der Waals surface area contributed by atoms with Crippen molar-refractivity contribution in [2.75, 3.05) is 18.1 Å². The number of H-pyrrole nitrogens is 1. The van der Waals surface area contributed by atoms with E-state index in [1.165, 1.54) is 12.1 Å². The van der Waals surface area contributed by atoms with Crippen molar-refractivity contribution >= 4 is 21.2 Å². The third kappa shape index (κ3) is 4.04. The van der Waals surface area contributed by atoms with E-state index in [4.69, 9.17) is 0 Å².